The lowest BCUT2D eigenvalue weighted by molar-refractivity contribution is -0.384. The summed E-state index contributed by atoms with van der Waals surface area (Å²) in [6.45, 7) is 4.84. The van der Waals surface area contributed by atoms with Crippen molar-refractivity contribution < 1.29 is 9.72 Å². The van der Waals surface area contributed by atoms with E-state index in [0.29, 0.717) is 18.7 Å². The summed E-state index contributed by atoms with van der Waals surface area (Å²) in [6.07, 6.45) is 1.87. The molecule has 7 heteroatoms. The Kier molecular flexibility index (Phi) is 4.65. The van der Waals surface area contributed by atoms with Gasteiger partial charge in [0.25, 0.3) is 11.6 Å². The fourth-order valence-corrected chi connectivity index (χ4v) is 2.90. The van der Waals surface area contributed by atoms with Crippen LogP contribution in [0.25, 0.3) is 0 Å². The molecule has 1 fully saturated rings. The third kappa shape index (κ3) is 3.19. The molecule has 1 amide bonds. The number of carbonyl (C=O) groups is 1. The van der Waals surface area contributed by atoms with Crippen molar-refractivity contribution >= 4 is 17.3 Å². The summed E-state index contributed by atoms with van der Waals surface area (Å²) in [5.41, 5.74) is 12.3. The Morgan fingerprint density at radius 2 is 2.18 bits per heavy atom. The van der Waals surface area contributed by atoms with Crippen molar-refractivity contribution in [2.24, 2.45) is 11.7 Å². The molecule has 120 valence electrons. The Labute approximate surface area is 129 Å². The molecular weight excluding hydrogens is 284 g/mol. The number of hydrogen-bond acceptors (Lipinski definition) is 5. The summed E-state index contributed by atoms with van der Waals surface area (Å²) in [5.74, 6) is -0.00614. The largest absolute Gasteiger partial charge is 0.393 e. The SMILES string of the molecule is Cc1cc(C(=O)N2CCCC(C(C)N)C2)c(N)c([N+](=O)[O-])c1. The van der Waals surface area contributed by atoms with Crippen LogP contribution in [0.3, 0.4) is 0 Å². The number of nitro benzene ring substituents is 1. The molecular formula is C15H22N4O3. The van der Waals surface area contributed by atoms with Gasteiger partial charge in [-0.3, -0.25) is 14.9 Å². The van der Waals surface area contributed by atoms with Crippen LogP contribution in [-0.2, 0) is 0 Å². The normalized spacial score (nSPS) is 19.8. The number of amides is 1. The summed E-state index contributed by atoms with van der Waals surface area (Å²) in [5, 5.41) is 11.1. The molecule has 1 aliphatic rings. The van der Waals surface area contributed by atoms with Crippen molar-refractivity contribution in [1.82, 2.24) is 4.90 Å². The van der Waals surface area contributed by atoms with Crippen LogP contribution in [0.1, 0.15) is 35.7 Å². The van der Waals surface area contributed by atoms with Gasteiger partial charge in [-0.2, -0.15) is 0 Å². The summed E-state index contributed by atoms with van der Waals surface area (Å²) in [6, 6.07) is 3.01. The highest BCUT2D eigenvalue weighted by molar-refractivity contribution is 6.01. The van der Waals surface area contributed by atoms with E-state index in [4.69, 9.17) is 11.5 Å². The molecule has 1 aromatic rings. The molecule has 2 unspecified atom stereocenters. The van der Waals surface area contributed by atoms with E-state index in [9.17, 15) is 14.9 Å². The highest BCUT2D eigenvalue weighted by Crippen LogP contribution is 2.29. The minimum absolute atomic E-state index is 0.0137. The van der Waals surface area contributed by atoms with Crippen LogP contribution in [0.4, 0.5) is 11.4 Å². The van der Waals surface area contributed by atoms with Crippen molar-refractivity contribution in [2.75, 3.05) is 18.8 Å². The van der Waals surface area contributed by atoms with Crippen LogP contribution >= 0.6 is 0 Å². The summed E-state index contributed by atoms with van der Waals surface area (Å²) in [4.78, 5) is 24.9. The Morgan fingerprint density at radius 3 is 2.77 bits per heavy atom. The zero-order valence-corrected chi connectivity index (χ0v) is 12.9. The number of carbonyl (C=O) groups excluding carboxylic acids is 1. The number of likely N-dealkylation sites (tertiary alicyclic amines) is 1. The second-order valence-electron chi connectivity index (χ2n) is 6.01. The van der Waals surface area contributed by atoms with Gasteiger partial charge in [0, 0.05) is 25.2 Å². The number of hydrogen-bond donors (Lipinski definition) is 2. The van der Waals surface area contributed by atoms with E-state index in [1.807, 2.05) is 6.92 Å². The zero-order valence-electron chi connectivity index (χ0n) is 12.9. The maximum Gasteiger partial charge on any atom is 0.293 e. The molecule has 0 bridgehead atoms. The quantitative estimate of drug-likeness (QED) is 0.501. The molecule has 0 aromatic heterocycles. The van der Waals surface area contributed by atoms with Gasteiger partial charge in [-0.1, -0.05) is 0 Å². The Hall–Kier alpha value is -2.15. The Balaban J connectivity index is 2.31. The third-order valence-corrected chi connectivity index (χ3v) is 4.22. The lowest BCUT2D eigenvalue weighted by Crippen LogP contribution is -2.45. The molecule has 0 saturated carbocycles. The van der Waals surface area contributed by atoms with E-state index in [2.05, 4.69) is 0 Å². The van der Waals surface area contributed by atoms with E-state index in [1.54, 1.807) is 17.9 Å². The predicted molar refractivity (Wildman–Crippen MR) is 84.5 cm³/mol. The monoisotopic (exact) mass is 306 g/mol. The number of nitrogens with two attached hydrogens (primary N) is 2. The summed E-state index contributed by atoms with van der Waals surface area (Å²) < 4.78 is 0. The van der Waals surface area contributed by atoms with Gasteiger partial charge in [0.05, 0.1) is 10.5 Å². The first-order valence-electron chi connectivity index (χ1n) is 7.40. The van der Waals surface area contributed by atoms with E-state index < -0.39 is 4.92 Å². The maximum atomic E-state index is 12.7. The van der Waals surface area contributed by atoms with Crippen LogP contribution < -0.4 is 11.5 Å². The van der Waals surface area contributed by atoms with E-state index in [-0.39, 0.29) is 34.8 Å². The molecule has 0 aliphatic carbocycles. The molecule has 4 N–H and O–H groups in total. The van der Waals surface area contributed by atoms with Gasteiger partial charge in [0.15, 0.2) is 0 Å². The number of aryl methyl sites for hydroxylation is 1. The van der Waals surface area contributed by atoms with Crippen molar-refractivity contribution in [3.8, 4) is 0 Å². The second-order valence-corrected chi connectivity index (χ2v) is 6.01. The van der Waals surface area contributed by atoms with Crippen molar-refractivity contribution in [1.29, 1.82) is 0 Å². The third-order valence-electron chi connectivity index (χ3n) is 4.22. The van der Waals surface area contributed by atoms with Gasteiger partial charge >= 0.3 is 0 Å². The topological polar surface area (TPSA) is 115 Å². The highest BCUT2D eigenvalue weighted by Gasteiger charge is 2.29. The Bertz CT molecular complexity index is 601. The number of benzene rings is 1. The molecule has 1 aliphatic heterocycles. The van der Waals surface area contributed by atoms with Gasteiger partial charge in [-0.15, -0.1) is 0 Å². The molecule has 1 aromatic carbocycles. The summed E-state index contributed by atoms with van der Waals surface area (Å²) in [7, 11) is 0. The van der Waals surface area contributed by atoms with E-state index in [1.165, 1.54) is 6.07 Å². The van der Waals surface area contributed by atoms with Gasteiger partial charge in [-0.05, 0) is 44.2 Å². The predicted octanol–water partition coefficient (Wildman–Crippen LogP) is 1.68. The minimum Gasteiger partial charge on any atom is -0.393 e. The second kappa shape index (κ2) is 6.31. The maximum absolute atomic E-state index is 12.7. The first-order valence-corrected chi connectivity index (χ1v) is 7.40. The van der Waals surface area contributed by atoms with Crippen LogP contribution in [0, 0.1) is 23.0 Å². The average molecular weight is 306 g/mol. The van der Waals surface area contributed by atoms with E-state index >= 15 is 0 Å². The number of anilines is 1. The number of rotatable bonds is 3. The van der Waals surface area contributed by atoms with Crippen molar-refractivity contribution in [3.05, 3.63) is 33.4 Å². The van der Waals surface area contributed by atoms with Gasteiger partial charge < -0.3 is 16.4 Å². The smallest absolute Gasteiger partial charge is 0.293 e. The lowest BCUT2D eigenvalue weighted by atomic mass is 9.91. The molecule has 0 radical (unpaired) electrons. The molecule has 1 heterocycles. The van der Waals surface area contributed by atoms with Crippen LogP contribution in [0.15, 0.2) is 12.1 Å². The molecule has 22 heavy (non-hydrogen) atoms. The zero-order chi connectivity index (χ0) is 16.4. The summed E-state index contributed by atoms with van der Waals surface area (Å²) >= 11 is 0. The highest BCUT2D eigenvalue weighted by atomic mass is 16.6. The molecule has 0 spiro atoms. The number of nitrogens with zero attached hydrogens (tertiary/aromatic N) is 2. The van der Waals surface area contributed by atoms with Crippen LogP contribution in [0.5, 0.6) is 0 Å². The number of nitrogen functional groups attached to an aromatic ring is 1. The fraction of sp³-hybridized carbons (Fsp3) is 0.533. The first-order chi connectivity index (χ1) is 10.3. The fourth-order valence-electron chi connectivity index (χ4n) is 2.90. The molecule has 1 saturated heterocycles. The Morgan fingerprint density at radius 1 is 1.50 bits per heavy atom. The number of piperidine rings is 1. The van der Waals surface area contributed by atoms with Crippen molar-refractivity contribution in [2.45, 2.75) is 32.7 Å². The molecule has 2 rings (SSSR count). The molecule has 7 nitrogen and oxygen atoms in total. The van der Waals surface area contributed by atoms with Gasteiger partial charge in [0.1, 0.15) is 5.69 Å². The standard InChI is InChI=1S/C15H22N4O3/c1-9-6-12(14(17)13(7-9)19(21)22)15(20)18-5-3-4-11(8-18)10(2)16/h6-7,10-11H,3-5,8,16-17H2,1-2H3. The molecule has 2 atom stereocenters. The average Bonchev–Trinajstić information content (AvgIpc) is 2.48. The van der Waals surface area contributed by atoms with Crippen LogP contribution in [0.2, 0.25) is 0 Å². The van der Waals surface area contributed by atoms with E-state index in [0.717, 1.165) is 12.8 Å². The van der Waals surface area contributed by atoms with Gasteiger partial charge in [0.2, 0.25) is 0 Å². The minimum atomic E-state index is -0.555. The van der Waals surface area contributed by atoms with Gasteiger partial charge in [-0.25, -0.2) is 0 Å². The first kappa shape index (κ1) is 16.2. The lowest BCUT2D eigenvalue weighted by Gasteiger charge is -2.34. The number of nitro groups is 1. The van der Waals surface area contributed by atoms with Crippen LogP contribution in [-0.4, -0.2) is 34.9 Å². The van der Waals surface area contributed by atoms with Crippen molar-refractivity contribution in [3.63, 3.8) is 0 Å².